The summed E-state index contributed by atoms with van der Waals surface area (Å²) in [7, 11) is 0. The smallest absolute Gasteiger partial charge is 0.102 e. The summed E-state index contributed by atoms with van der Waals surface area (Å²) in [6, 6.07) is 24.2. The summed E-state index contributed by atoms with van der Waals surface area (Å²) >= 11 is 6.08. The Hall–Kier alpha value is -2.78. The highest BCUT2D eigenvalue weighted by molar-refractivity contribution is 6.30. The van der Waals surface area contributed by atoms with Gasteiger partial charge in [-0.05, 0) is 31.2 Å². The Bertz CT molecular complexity index is 1000. The summed E-state index contributed by atoms with van der Waals surface area (Å²) in [5, 5.41) is 6.57. The molecular weight excluding hydrogens is 318 g/mol. The lowest BCUT2D eigenvalue weighted by molar-refractivity contribution is 0.836. The Kier molecular flexibility index (Phi) is 3.71. The van der Waals surface area contributed by atoms with Gasteiger partial charge in [0.25, 0.3) is 0 Å². The van der Waals surface area contributed by atoms with Crippen molar-refractivity contribution in [3.05, 3.63) is 83.4 Å². The molecule has 3 nitrogen and oxygen atoms in total. The number of aromatic nitrogens is 2. The van der Waals surface area contributed by atoms with Gasteiger partial charge in [0.05, 0.1) is 11.2 Å². The molecule has 1 N–H and O–H groups in total. The number of rotatable bonds is 3. The van der Waals surface area contributed by atoms with Crippen LogP contribution in [0.15, 0.2) is 72.8 Å². The average Bonchev–Trinajstić information content (AvgIpc) is 2.95. The molecule has 3 aromatic carbocycles. The van der Waals surface area contributed by atoms with Crippen molar-refractivity contribution in [1.82, 2.24) is 9.89 Å². The van der Waals surface area contributed by atoms with E-state index in [9.17, 15) is 0 Å². The molecule has 0 saturated carbocycles. The molecule has 118 valence electrons. The minimum absolute atomic E-state index is 0.690. The number of hydrogen-bond donors (Lipinski definition) is 1. The number of nitrogens with zero attached hydrogens (tertiary/aromatic N) is 2. The Morgan fingerprint density at radius 3 is 2.50 bits per heavy atom. The van der Waals surface area contributed by atoms with Crippen molar-refractivity contribution in [2.24, 2.45) is 0 Å². The van der Waals surface area contributed by atoms with Crippen molar-refractivity contribution in [3.8, 4) is 11.3 Å². The van der Waals surface area contributed by atoms with Crippen molar-refractivity contribution in [1.29, 1.82) is 0 Å². The van der Waals surface area contributed by atoms with E-state index >= 15 is 0 Å². The third kappa shape index (κ3) is 2.74. The van der Waals surface area contributed by atoms with Crippen LogP contribution in [0.4, 0.5) is 5.69 Å². The molecule has 0 radical (unpaired) electrons. The van der Waals surface area contributed by atoms with E-state index in [1.54, 1.807) is 4.79 Å². The molecule has 0 aliphatic heterocycles. The molecule has 0 unspecified atom stereocenters. The first-order chi connectivity index (χ1) is 11.7. The van der Waals surface area contributed by atoms with Gasteiger partial charge in [0.2, 0.25) is 0 Å². The Morgan fingerprint density at radius 2 is 1.71 bits per heavy atom. The number of benzene rings is 3. The third-order valence-electron chi connectivity index (χ3n) is 3.97. The highest BCUT2D eigenvalue weighted by Gasteiger charge is 2.12. The van der Waals surface area contributed by atoms with E-state index in [1.807, 2.05) is 36.4 Å². The van der Waals surface area contributed by atoms with E-state index in [4.69, 9.17) is 16.7 Å². The number of hydrogen-bond acceptors (Lipinski definition) is 2. The zero-order chi connectivity index (χ0) is 16.5. The third-order valence-corrected chi connectivity index (χ3v) is 4.21. The van der Waals surface area contributed by atoms with E-state index < -0.39 is 0 Å². The largest absolute Gasteiger partial charge is 0.278 e. The van der Waals surface area contributed by atoms with Crippen LogP contribution >= 0.6 is 11.6 Å². The van der Waals surface area contributed by atoms with Gasteiger partial charge in [-0.2, -0.15) is 9.89 Å². The van der Waals surface area contributed by atoms with Crippen LogP contribution in [0.3, 0.4) is 0 Å². The Morgan fingerprint density at radius 1 is 0.917 bits per heavy atom. The zero-order valence-electron chi connectivity index (χ0n) is 13.2. The molecule has 4 aromatic rings. The number of fused-ring (bicyclic) bond motifs is 1. The quantitative estimate of drug-likeness (QED) is 0.533. The number of anilines is 1. The van der Waals surface area contributed by atoms with Crippen molar-refractivity contribution < 1.29 is 0 Å². The number of aryl methyl sites for hydroxylation is 1. The lowest BCUT2D eigenvalue weighted by Gasteiger charge is -2.07. The summed E-state index contributed by atoms with van der Waals surface area (Å²) in [6.45, 7) is 2.08. The minimum Gasteiger partial charge on any atom is -0.278 e. The van der Waals surface area contributed by atoms with Gasteiger partial charge in [-0.25, -0.2) is 0 Å². The highest BCUT2D eigenvalue weighted by atomic mass is 35.5. The predicted octanol–water partition coefficient (Wildman–Crippen LogP) is 5.54. The summed E-state index contributed by atoms with van der Waals surface area (Å²) in [5.41, 5.74) is 8.52. The molecule has 1 aromatic heterocycles. The lowest BCUT2D eigenvalue weighted by Crippen LogP contribution is -2.10. The maximum Gasteiger partial charge on any atom is 0.102 e. The monoisotopic (exact) mass is 333 g/mol. The van der Waals surface area contributed by atoms with Crippen LogP contribution in [0.2, 0.25) is 5.02 Å². The van der Waals surface area contributed by atoms with Gasteiger partial charge in [-0.3, -0.25) is 5.43 Å². The van der Waals surface area contributed by atoms with Gasteiger partial charge in [0.15, 0.2) is 0 Å². The first-order valence-electron chi connectivity index (χ1n) is 7.78. The number of nitrogens with one attached hydrogen (secondary N) is 1. The molecule has 0 aliphatic rings. The van der Waals surface area contributed by atoms with E-state index in [0.29, 0.717) is 5.02 Å². The molecule has 4 rings (SSSR count). The van der Waals surface area contributed by atoms with Crippen molar-refractivity contribution in [2.45, 2.75) is 6.92 Å². The molecule has 0 amide bonds. The van der Waals surface area contributed by atoms with E-state index in [1.165, 1.54) is 5.56 Å². The van der Waals surface area contributed by atoms with E-state index in [2.05, 4.69) is 48.7 Å². The maximum atomic E-state index is 6.08. The van der Waals surface area contributed by atoms with Crippen LogP contribution in [-0.2, 0) is 0 Å². The van der Waals surface area contributed by atoms with Crippen LogP contribution in [0, 0.1) is 6.92 Å². The summed E-state index contributed by atoms with van der Waals surface area (Å²) in [5.74, 6) is 0. The van der Waals surface area contributed by atoms with E-state index in [0.717, 1.165) is 27.8 Å². The first kappa shape index (κ1) is 14.8. The van der Waals surface area contributed by atoms with Gasteiger partial charge < -0.3 is 0 Å². The predicted molar refractivity (Wildman–Crippen MR) is 100 cm³/mol. The molecule has 0 spiro atoms. The molecule has 0 aliphatic carbocycles. The summed E-state index contributed by atoms with van der Waals surface area (Å²) in [4.78, 5) is 1.80. The fraction of sp³-hybridized carbons (Fsp3) is 0.0500. The van der Waals surface area contributed by atoms with Gasteiger partial charge in [0.1, 0.15) is 5.69 Å². The van der Waals surface area contributed by atoms with Gasteiger partial charge in [-0.1, -0.05) is 65.7 Å². The summed E-state index contributed by atoms with van der Waals surface area (Å²) in [6.07, 6.45) is 0. The zero-order valence-corrected chi connectivity index (χ0v) is 14.0. The van der Waals surface area contributed by atoms with Crippen molar-refractivity contribution >= 4 is 28.2 Å². The standard InChI is InChI=1S/C20H16ClN3/c1-14-9-11-15(12-10-14)20-18-7-2-3-8-19(18)24(23-20)22-17-6-4-5-16(21)13-17/h2-13,22H,1H3. The van der Waals surface area contributed by atoms with E-state index in [-0.39, 0.29) is 0 Å². The molecule has 0 bridgehead atoms. The van der Waals surface area contributed by atoms with Gasteiger partial charge >= 0.3 is 0 Å². The second-order valence-corrected chi connectivity index (χ2v) is 6.20. The Labute approximate surface area is 145 Å². The number of para-hydroxylation sites is 1. The van der Waals surface area contributed by atoms with Gasteiger partial charge in [-0.15, -0.1) is 0 Å². The lowest BCUT2D eigenvalue weighted by atomic mass is 10.1. The number of halogens is 1. The van der Waals surface area contributed by atoms with Crippen LogP contribution in [-0.4, -0.2) is 9.89 Å². The Balaban J connectivity index is 1.83. The second-order valence-electron chi connectivity index (χ2n) is 5.77. The average molecular weight is 334 g/mol. The van der Waals surface area contributed by atoms with Crippen LogP contribution < -0.4 is 5.43 Å². The second kappa shape index (κ2) is 6.02. The van der Waals surface area contributed by atoms with Crippen LogP contribution in [0.5, 0.6) is 0 Å². The van der Waals surface area contributed by atoms with Gasteiger partial charge in [0, 0.05) is 16.0 Å². The van der Waals surface area contributed by atoms with Crippen LogP contribution in [0.1, 0.15) is 5.56 Å². The molecule has 0 saturated heterocycles. The summed E-state index contributed by atoms with van der Waals surface area (Å²) < 4.78 is 0. The molecule has 24 heavy (non-hydrogen) atoms. The molecule has 4 heteroatoms. The van der Waals surface area contributed by atoms with Crippen molar-refractivity contribution in [2.75, 3.05) is 5.43 Å². The molecule has 0 atom stereocenters. The van der Waals surface area contributed by atoms with Crippen molar-refractivity contribution in [3.63, 3.8) is 0 Å². The highest BCUT2D eigenvalue weighted by Crippen LogP contribution is 2.28. The SMILES string of the molecule is Cc1ccc(-c2nn(Nc3cccc(Cl)c3)c3ccccc23)cc1. The fourth-order valence-electron chi connectivity index (χ4n) is 2.76. The first-order valence-corrected chi connectivity index (χ1v) is 8.16. The molecule has 1 heterocycles. The maximum absolute atomic E-state index is 6.08. The van der Waals surface area contributed by atoms with Crippen LogP contribution in [0.25, 0.3) is 22.2 Å². The minimum atomic E-state index is 0.690. The fourth-order valence-corrected chi connectivity index (χ4v) is 2.95. The topological polar surface area (TPSA) is 29.9 Å². The normalized spacial score (nSPS) is 10.9. The molecular formula is C20H16ClN3. The molecule has 0 fully saturated rings.